The maximum atomic E-state index is 14.4. The van der Waals surface area contributed by atoms with Gasteiger partial charge < -0.3 is 30.2 Å². The predicted molar refractivity (Wildman–Crippen MR) is 225 cm³/mol. The quantitative estimate of drug-likeness (QED) is 0.191. The van der Waals surface area contributed by atoms with Crippen molar-refractivity contribution in [2.24, 2.45) is 56.0 Å². The molecule has 4 saturated carbocycles. The van der Waals surface area contributed by atoms with Gasteiger partial charge in [-0.05, 0) is 137 Å². The number of esters is 1. The average molecular weight is 833 g/mol. The number of hydrogen-bond acceptors (Lipinski definition) is 10. The van der Waals surface area contributed by atoms with Crippen molar-refractivity contribution in [1.29, 1.82) is 0 Å². The van der Waals surface area contributed by atoms with E-state index in [0.29, 0.717) is 43.3 Å². The zero-order valence-electron chi connectivity index (χ0n) is 37.8. The molecule has 7 rings (SSSR count). The monoisotopic (exact) mass is 833 g/mol. The fourth-order valence-electron chi connectivity index (χ4n) is 13.7. The Bertz CT molecular complexity index is 2080. The number of ketones is 1. The number of carboxylic acid groups (broad SMARTS) is 1. The van der Waals surface area contributed by atoms with Gasteiger partial charge in [0, 0.05) is 35.9 Å². The summed E-state index contributed by atoms with van der Waals surface area (Å²) in [7, 11) is 3.96. The van der Waals surface area contributed by atoms with Crippen molar-refractivity contribution in [1.82, 2.24) is 24.6 Å². The molecular weight excluding hydrogens is 764 g/mol. The number of carboxylic acids is 1. The van der Waals surface area contributed by atoms with Crippen molar-refractivity contribution in [2.75, 3.05) is 20.6 Å². The van der Waals surface area contributed by atoms with Gasteiger partial charge in [-0.1, -0.05) is 48.5 Å². The molecule has 9 atom stereocenters. The van der Waals surface area contributed by atoms with E-state index in [4.69, 9.17) is 10.5 Å². The molecule has 0 amide bonds. The number of halogens is 1. The number of carbonyl (C=O) groups excluding carboxylic acids is 2. The Morgan fingerprint density at radius 3 is 2.30 bits per heavy atom. The van der Waals surface area contributed by atoms with Gasteiger partial charge in [-0.2, -0.15) is 0 Å². The van der Waals surface area contributed by atoms with E-state index in [9.17, 15) is 29.0 Å². The minimum Gasteiger partial charge on any atom is -0.481 e. The van der Waals surface area contributed by atoms with E-state index in [0.717, 1.165) is 55.9 Å². The van der Waals surface area contributed by atoms with Gasteiger partial charge in [0.2, 0.25) is 0 Å². The summed E-state index contributed by atoms with van der Waals surface area (Å²) in [6.07, 6.45) is 5.85. The fourth-order valence-corrected chi connectivity index (χ4v) is 13.7. The second kappa shape index (κ2) is 14.8. The molecule has 4 N–H and O–H groups in total. The molecule has 0 spiro atoms. The van der Waals surface area contributed by atoms with E-state index in [1.165, 1.54) is 6.07 Å². The molecule has 2 aromatic rings. The van der Waals surface area contributed by atoms with Gasteiger partial charge in [-0.3, -0.25) is 14.4 Å². The van der Waals surface area contributed by atoms with Crippen LogP contribution < -0.4 is 5.73 Å². The van der Waals surface area contributed by atoms with Crippen LogP contribution in [-0.2, 0) is 25.7 Å². The third-order valence-corrected chi connectivity index (χ3v) is 17.6. The summed E-state index contributed by atoms with van der Waals surface area (Å²) in [5.74, 6) is -0.753. The van der Waals surface area contributed by atoms with E-state index < -0.39 is 51.7 Å². The Morgan fingerprint density at radius 2 is 1.68 bits per heavy atom. The number of pyridine rings is 1. The molecule has 330 valence electrons. The summed E-state index contributed by atoms with van der Waals surface area (Å²) in [5.41, 5.74) is 6.24. The number of carbonyl (C=O) groups is 3. The first kappa shape index (κ1) is 44.5. The lowest BCUT2D eigenvalue weighted by atomic mass is 9.31. The van der Waals surface area contributed by atoms with Crippen LogP contribution in [0.5, 0.6) is 0 Å². The summed E-state index contributed by atoms with van der Waals surface area (Å²) in [5, 5.41) is 31.8. The molecule has 4 fully saturated rings. The Labute approximate surface area is 355 Å². The Kier molecular flexibility index (Phi) is 11.0. The highest BCUT2D eigenvalue weighted by Crippen LogP contribution is 2.78. The molecule has 12 nitrogen and oxygen atoms in total. The maximum absolute atomic E-state index is 14.4. The molecule has 0 radical (unpaired) electrons. The van der Waals surface area contributed by atoms with Gasteiger partial charge in [-0.15, -0.1) is 10.2 Å². The second-order valence-corrected chi connectivity index (χ2v) is 21.9. The highest BCUT2D eigenvalue weighted by molar-refractivity contribution is 6.00. The molecule has 0 bridgehead atoms. The molecule has 5 aliphatic rings. The van der Waals surface area contributed by atoms with Gasteiger partial charge in [0.15, 0.2) is 17.4 Å². The normalized spacial score (nSPS) is 35.5. The van der Waals surface area contributed by atoms with Crippen LogP contribution in [0.1, 0.15) is 138 Å². The molecule has 60 heavy (non-hydrogen) atoms. The van der Waals surface area contributed by atoms with Crippen molar-refractivity contribution in [2.45, 2.75) is 151 Å². The lowest BCUT2D eigenvalue weighted by molar-refractivity contribution is -0.244. The summed E-state index contributed by atoms with van der Waals surface area (Å²) in [6, 6.07) is 2.93. The van der Waals surface area contributed by atoms with Gasteiger partial charge in [-0.25, -0.2) is 9.37 Å². The Balaban J connectivity index is 1.25. The predicted octanol–water partition coefficient (Wildman–Crippen LogP) is 7.55. The zero-order valence-corrected chi connectivity index (χ0v) is 37.8. The Hall–Kier alpha value is -3.55. The lowest BCUT2D eigenvalue weighted by Gasteiger charge is -2.75. The molecule has 0 aliphatic heterocycles. The molecule has 5 aliphatic carbocycles. The van der Waals surface area contributed by atoms with Crippen LogP contribution in [0.2, 0.25) is 0 Å². The van der Waals surface area contributed by atoms with E-state index >= 15 is 0 Å². The third-order valence-electron chi connectivity index (χ3n) is 17.6. The number of Topliss-reactive ketones (excluding diaryl/α,β-unsaturated/α-hetero) is 1. The number of aliphatic carboxylic acids is 1. The minimum atomic E-state index is -1.23. The van der Waals surface area contributed by atoms with Crippen LogP contribution in [0.25, 0.3) is 11.5 Å². The molecule has 2 unspecified atom stereocenters. The molecule has 2 heterocycles. The standard InChI is InChI=1S/C47H69FN6O6/c1-27(2)35-31(55)24-46(37(57)39-52-51-38(54(39)23-22-53(10)11)30-14-12-28(48)26-50-30)20-18-43(7)29(36(35)46)13-15-32-44(43,8)19-21-47(49)42(5,6)33(16-17-45(32,47)9)60-34(56)25-41(3,4)40(58)59/h12,14,26-27,29,32-33,37,57H,13,15-25,49H2,1-11H3,(H,58,59)/t29-,32?,33+,37?,43-,44-,45-,46-,47-/m1/s1. The first-order valence-corrected chi connectivity index (χ1v) is 22.2. The molecule has 0 saturated heterocycles. The van der Waals surface area contributed by atoms with Crippen molar-refractivity contribution in [3.8, 4) is 11.5 Å². The number of nitrogens with two attached hydrogens (primary N) is 1. The van der Waals surface area contributed by atoms with Crippen molar-refractivity contribution < 1.29 is 33.7 Å². The molecule has 2 aromatic heterocycles. The van der Waals surface area contributed by atoms with E-state index in [1.54, 1.807) is 19.9 Å². The highest BCUT2D eigenvalue weighted by atomic mass is 19.1. The lowest BCUT2D eigenvalue weighted by Crippen LogP contribution is -2.77. The summed E-state index contributed by atoms with van der Waals surface area (Å²) >= 11 is 0. The molecule has 0 aromatic carbocycles. The first-order valence-electron chi connectivity index (χ1n) is 22.2. The maximum Gasteiger partial charge on any atom is 0.309 e. The number of likely N-dealkylation sites (N-methyl/N-ethyl adjacent to an activating group) is 1. The van der Waals surface area contributed by atoms with E-state index in [1.807, 2.05) is 23.6 Å². The van der Waals surface area contributed by atoms with Gasteiger partial charge >= 0.3 is 11.9 Å². The number of fused-ring (bicyclic) bond motifs is 7. The number of aliphatic hydroxyl groups excluding tert-OH is 1. The van der Waals surface area contributed by atoms with Gasteiger partial charge in [0.05, 0.1) is 18.0 Å². The number of hydrogen-bond donors (Lipinski definition) is 3. The molecular formula is C47H69FN6O6. The first-order chi connectivity index (χ1) is 27.8. The molecule has 13 heteroatoms. The van der Waals surface area contributed by atoms with Crippen LogP contribution >= 0.6 is 0 Å². The van der Waals surface area contributed by atoms with Crippen LogP contribution in [0.15, 0.2) is 29.5 Å². The number of aromatic nitrogens is 4. The smallest absolute Gasteiger partial charge is 0.309 e. The van der Waals surface area contributed by atoms with Crippen LogP contribution in [-0.4, -0.2) is 84.9 Å². The third kappa shape index (κ3) is 6.36. The number of aliphatic hydroxyl groups is 1. The number of rotatable bonds is 11. The number of nitrogens with zero attached hydrogens (tertiary/aromatic N) is 5. The fraction of sp³-hybridized carbons (Fsp3) is 0.745. The summed E-state index contributed by atoms with van der Waals surface area (Å²) in [4.78, 5) is 45.9. The van der Waals surface area contributed by atoms with Crippen molar-refractivity contribution >= 4 is 17.7 Å². The van der Waals surface area contributed by atoms with Crippen LogP contribution in [0.3, 0.4) is 0 Å². The van der Waals surface area contributed by atoms with Crippen molar-refractivity contribution in [3.05, 3.63) is 41.1 Å². The zero-order chi connectivity index (χ0) is 44.2. The van der Waals surface area contributed by atoms with Crippen LogP contribution in [0, 0.1) is 56.1 Å². The second-order valence-electron chi connectivity index (χ2n) is 21.9. The minimum absolute atomic E-state index is 0.0273. The van der Waals surface area contributed by atoms with Crippen LogP contribution in [0.4, 0.5) is 4.39 Å². The van der Waals surface area contributed by atoms with Gasteiger partial charge in [0.1, 0.15) is 23.7 Å². The van der Waals surface area contributed by atoms with E-state index in [-0.39, 0.29) is 52.6 Å². The summed E-state index contributed by atoms with van der Waals surface area (Å²) < 4.78 is 22.0. The van der Waals surface area contributed by atoms with Crippen molar-refractivity contribution in [3.63, 3.8) is 0 Å². The highest BCUT2D eigenvalue weighted by Gasteiger charge is 2.74. The SMILES string of the molecule is CC(C)C1=C2[C@H]3CCC4[C@@]5(C)CC[C@H](OC(=O)CC(C)(C)C(=O)O)C(C)(C)[C@]5(N)CC[C@@]4(C)[C@]3(C)CC[C@@]2(C(O)c2nnc(-c3ccc(F)cn3)n2CCN(C)C)CC1=O. The Morgan fingerprint density at radius 1 is 1.00 bits per heavy atom. The number of allylic oxidation sites excluding steroid dienone is 1. The average Bonchev–Trinajstić information content (AvgIpc) is 3.72. The number of ether oxygens (including phenoxy) is 1. The van der Waals surface area contributed by atoms with E-state index in [2.05, 4.69) is 63.6 Å². The summed E-state index contributed by atoms with van der Waals surface area (Å²) in [6.45, 7) is 20.0. The largest absolute Gasteiger partial charge is 0.481 e. The topological polar surface area (TPSA) is 174 Å². The van der Waals surface area contributed by atoms with Gasteiger partial charge in [0.25, 0.3) is 0 Å².